The Morgan fingerprint density at radius 3 is 2.45 bits per heavy atom. The lowest BCUT2D eigenvalue weighted by Gasteiger charge is -2.09. The number of hydrogen-bond acceptors (Lipinski definition) is 5. The highest BCUT2D eigenvalue weighted by atomic mass is 16.5. The maximum Gasteiger partial charge on any atom is 0.130 e. The number of benzene rings is 3. The van der Waals surface area contributed by atoms with Gasteiger partial charge in [0.05, 0.1) is 25.1 Å². The third-order valence-electron chi connectivity index (χ3n) is 6.94. The minimum Gasteiger partial charge on any atom is -0.496 e. The highest BCUT2D eigenvalue weighted by molar-refractivity contribution is 6.09. The van der Waals surface area contributed by atoms with Gasteiger partial charge in [-0.25, -0.2) is 0 Å². The van der Waals surface area contributed by atoms with Crippen LogP contribution in [-0.4, -0.2) is 29.3 Å². The number of allylic oxidation sites excluding steroid dienone is 2. The smallest absolute Gasteiger partial charge is 0.130 e. The molecule has 0 aliphatic carbocycles. The monoisotopic (exact) mass is 553 g/mol. The third-order valence-corrected chi connectivity index (χ3v) is 6.94. The molecule has 0 atom stereocenters. The molecule has 0 saturated heterocycles. The fourth-order valence-electron chi connectivity index (χ4n) is 4.69. The zero-order valence-corrected chi connectivity index (χ0v) is 23.4. The average molecular weight is 554 g/mol. The molecule has 42 heavy (non-hydrogen) atoms. The first-order chi connectivity index (χ1) is 20.7. The van der Waals surface area contributed by atoms with Crippen LogP contribution in [0.15, 0.2) is 126 Å². The Hall–Kier alpha value is -5.36. The van der Waals surface area contributed by atoms with E-state index >= 15 is 0 Å². The summed E-state index contributed by atoms with van der Waals surface area (Å²) >= 11 is 0. The van der Waals surface area contributed by atoms with E-state index in [4.69, 9.17) is 14.2 Å². The van der Waals surface area contributed by atoms with Crippen LogP contribution in [-0.2, 0) is 13.2 Å². The molecule has 1 aliphatic heterocycles. The van der Waals surface area contributed by atoms with Crippen LogP contribution in [0.2, 0.25) is 0 Å². The summed E-state index contributed by atoms with van der Waals surface area (Å²) in [5.41, 5.74) is 7.21. The third kappa shape index (κ3) is 6.67. The predicted octanol–water partition coefficient (Wildman–Crippen LogP) is 7.84. The topological polar surface area (TPSA) is 68.7 Å². The summed E-state index contributed by atoms with van der Waals surface area (Å²) in [6.45, 7) is 1.58. The summed E-state index contributed by atoms with van der Waals surface area (Å²) < 4.78 is 17.5. The van der Waals surface area contributed by atoms with Gasteiger partial charge in [-0.1, -0.05) is 48.6 Å². The summed E-state index contributed by atoms with van der Waals surface area (Å²) in [5.74, 6) is 2.31. The molecule has 0 radical (unpaired) electrons. The number of pyridine rings is 1. The van der Waals surface area contributed by atoms with Crippen molar-refractivity contribution in [2.24, 2.45) is 4.99 Å². The molecule has 6 rings (SSSR count). The molecule has 208 valence electrons. The van der Waals surface area contributed by atoms with Gasteiger partial charge in [-0.15, -0.1) is 0 Å². The predicted molar refractivity (Wildman–Crippen MR) is 169 cm³/mol. The molecule has 0 bridgehead atoms. The number of aromatic amines is 1. The molecule has 3 heterocycles. The number of ether oxygens (including phenoxy) is 3. The van der Waals surface area contributed by atoms with Crippen LogP contribution in [0.25, 0.3) is 23.1 Å². The molecule has 0 saturated carbocycles. The summed E-state index contributed by atoms with van der Waals surface area (Å²) in [6, 6.07) is 27.9. The number of H-pyrrole nitrogens is 1. The molecule has 6 heteroatoms. The lowest BCUT2D eigenvalue weighted by molar-refractivity contribution is 0.299. The van der Waals surface area contributed by atoms with Gasteiger partial charge in [-0.05, 0) is 77.4 Å². The van der Waals surface area contributed by atoms with E-state index in [2.05, 4.69) is 57.5 Å². The minimum absolute atomic E-state index is 0.402. The second-order valence-electron chi connectivity index (χ2n) is 9.87. The van der Waals surface area contributed by atoms with E-state index in [-0.39, 0.29) is 0 Å². The van der Waals surface area contributed by atoms with Crippen LogP contribution in [0.3, 0.4) is 0 Å². The molecule has 1 aliphatic rings. The first-order valence-corrected chi connectivity index (χ1v) is 13.8. The number of methoxy groups -OCH3 is 1. The summed E-state index contributed by atoms with van der Waals surface area (Å²) in [6.07, 6.45) is 14.2. The summed E-state index contributed by atoms with van der Waals surface area (Å²) in [5, 5.41) is 1.12. The van der Waals surface area contributed by atoms with Gasteiger partial charge in [-0.3, -0.25) is 9.98 Å². The van der Waals surface area contributed by atoms with Crippen LogP contribution in [0.4, 0.5) is 0 Å². The standard InChI is InChI=1S/C36H31N3O3/c1-40-36-21-33(42-25-31-9-5-6-18-37-31)15-13-28(36)12-14-30-19-27(22-38-30)10-11-29-23-39-35-17-16-32(20-34(29)35)41-24-26-7-3-2-4-8-26/h2-21,23,39H,22,24-25H2,1H3/b11-10+,14-12+. The highest BCUT2D eigenvalue weighted by Crippen LogP contribution is 2.28. The molecular formula is C36H31N3O3. The van der Waals surface area contributed by atoms with E-state index < -0.39 is 0 Å². The Morgan fingerprint density at radius 1 is 0.786 bits per heavy atom. The van der Waals surface area contributed by atoms with Gasteiger partial charge in [0.25, 0.3) is 0 Å². The van der Waals surface area contributed by atoms with Crippen LogP contribution < -0.4 is 14.2 Å². The molecule has 0 fully saturated rings. The van der Waals surface area contributed by atoms with Gasteiger partial charge >= 0.3 is 0 Å². The quantitative estimate of drug-likeness (QED) is 0.181. The lowest BCUT2D eigenvalue weighted by Crippen LogP contribution is -1.98. The Morgan fingerprint density at radius 2 is 1.60 bits per heavy atom. The first kappa shape index (κ1) is 26.8. The van der Waals surface area contributed by atoms with Crippen LogP contribution in [0.1, 0.15) is 22.4 Å². The fourth-order valence-corrected chi connectivity index (χ4v) is 4.69. The molecule has 5 aromatic rings. The second-order valence-corrected chi connectivity index (χ2v) is 9.87. The number of nitrogens with one attached hydrogen (secondary N) is 1. The number of fused-ring (bicyclic) bond motifs is 1. The molecule has 3 aromatic carbocycles. The Kier molecular flexibility index (Phi) is 8.23. The largest absolute Gasteiger partial charge is 0.496 e. The molecule has 0 amide bonds. The van der Waals surface area contributed by atoms with Gasteiger partial charge < -0.3 is 19.2 Å². The van der Waals surface area contributed by atoms with Crippen molar-refractivity contribution >= 4 is 28.8 Å². The molecule has 0 unspecified atom stereocenters. The average Bonchev–Trinajstić information content (AvgIpc) is 3.68. The van der Waals surface area contributed by atoms with E-state index in [9.17, 15) is 0 Å². The van der Waals surface area contributed by atoms with Crippen molar-refractivity contribution in [1.82, 2.24) is 9.97 Å². The number of rotatable bonds is 11. The van der Waals surface area contributed by atoms with Crippen molar-refractivity contribution in [3.05, 3.63) is 144 Å². The number of aromatic nitrogens is 2. The van der Waals surface area contributed by atoms with Crippen molar-refractivity contribution < 1.29 is 14.2 Å². The van der Waals surface area contributed by atoms with Gasteiger partial charge in [-0.2, -0.15) is 0 Å². The van der Waals surface area contributed by atoms with Crippen LogP contribution in [0.5, 0.6) is 17.2 Å². The summed E-state index contributed by atoms with van der Waals surface area (Å²) in [7, 11) is 1.66. The number of hydrogen-bond donors (Lipinski definition) is 1. The Labute approximate surface area is 245 Å². The zero-order valence-electron chi connectivity index (χ0n) is 23.4. The Bertz CT molecular complexity index is 1780. The summed E-state index contributed by atoms with van der Waals surface area (Å²) in [4.78, 5) is 12.3. The fraction of sp³-hybridized carbons (Fsp3) is 0.111. The van der Waals surface area contributed by atoms with Gasteiger partial charge in [0.2, 0.25) is 0 Å². The second kappa shape index (κ2) is 12.9. The number of aliphatic imine (C=N–C) groups is 1. The maximum absolute atomic E-state index is 6.04. The normalized spacial score (nSPS) is 13.1. The van der Waals surface area contributed by atoms with Crippen LogP contribution >= 0.6 is 0 Å². The molecule has 0 spiro atoms. The van der Waals surface area contributed by atoms with Gasteiger partial charge in [0.1, 0.15) is 30.5 Å². The van der Waals surface area contributed by atoms with Crippen molar-refractivity contribution in [2.45, 2.75) is 13.2 Å². The lowest BCUT2D eigenvalue weighted by atomic mass is 10.1. The van der Waals surface area contributed by atoms with E-state index in [1.807, 2.05) is 79.0 Å². The van der Waals surface area contributed by atoms with Crippen molar-refractivity contribution in [3.63, 3.8) is 0 Å². The molecule has 6 nitrogen and oxygen atoms in total. The van der Waals surface area contributed by atoms with Crippen molar-refractivity contribution in [1.29, 1.82) is 0 Å². The maximum atomic E-state index is 6.04. The number of nitrogens with zero attached hydrogens (tertiary/aromatic N) is 2. The van der Waals surface area contributed by atoms with E-state index in [0.717, 1.165) is 61.8 Å². The van der Waals surface area contributed by atoms with E-state index in [0.29, 0.717) is 19.8 Å². The van der Waals surface area contributed by atoms with Crippen molar-refractivity contribution in [2.75, 3.05) is 13.7 Å². The van der Waals surface area contributed by atoms with E-state index in [1.165, 1.54) is 0 Å². The zero-order chi connectivity index (χ0) is 28.6. The molecule has 2 aromatic heterocycles. The highest BCUT2D eigenvalue weighted by Gasteiger charge is 2.08. The first-order valence-electron chi connectivity index (χ1n) is 13.8. The van der Waals surface area contributed by atoms with Gasteiger partial charge in [0, 0.05) is 34.9 Å². The molecule has 1 N–H and O–H groups in total. The SMILES string of the molecule is COc1cc(OCc2ccccn2)ccc1/C=C/C1=NCC(/C=C/c2c[nH]c3ccc(OCc4ccccc4)cc23)=C1. The van der Waals surface area contributed by atoms with E-state index in [1.54, 1.807) is 13.3 Å². The van der Waals surface area contributed by atoms with Crippen LogP contribution in [0, 0.1) is 0 Å². The molecular weight excluding hydrogens is 522 g/mol. The Balaban J connectivity index is 1.08. The van der Waals surface area contributed by atoms with Gasteiger partial charge in [0.15, 0.2) is 0 Å². The van der Waals surface area contributed by atoms with Crippen molar-refractivity contribution in [3.8, 4) is 17.2 Å². The minimum atomic E-state index is 0.402.